The van der Waals surface area contributed by atoms with E-state index in [-0.39, 0.29) is 0 Å². The molecule has 0 aliphatic carbocycles. The number of amides is 2. The molecule has 10 heteroatoms. The number of carbonyl (C=O) groups excluding carboxylic acids is 2. The molecule has 0 rings (SSSR count). The molecule has 124 valence electrons. The summed E-state index contributed by atoms with van der Waals surface area (Å²) in [5.41, 5.74) is 0. The highest BCUT2D eigenvalue weighted by molar-refractivity contribution is 5.46. The molecule has 0 heterocycles. The molecule has 0 unspecified atom stereocenters. The van der Waals surface area contributed by atoms with E-state index < -0.39 is 26.9 Å². The van der Waals surface area contributed by atoms with Crippen molar-refractivity contribution in [3.05, 3.63) is 0 Å². The van der Waals surface area contributed by atoms with Gasteiger partial charge in [-0.25, -0.2) is 0 Å². The molecule has 0 aromatic carbocycles. The van der Waals surface area contributed by atoms with Crippen molar-refractivity contribution < 1.29 is 39.5 Å². The first-order chi connectivity index (χ1) is 9.52. The number of ether oxygens (including phenoxy) is 2. The van der Waals surface area contributed by atoms with Gasteiger partial charge in [0, 0.05) is 28.4 Å². The van der Waals surface area contributed by atoms with Crippen LogP contribution in [0.1, 0.15) is 0 Å². The van der Waals surface area contributed by atoms with Gasteiger partial charge in [0.1, 0.15) is 26.9 Å². The quantitative estimate of drug-likeness (QED) is 0.305. The van der Waals surface area contributed by atoms with Crippen molar-refractivity contribution in [2.45, 2.75) is 0 Å². The molecule has 0 fully saturated rings. The van der Waals surface area contributed by atoms with E-state index in [1.807, 2.05) is 0 Å². The summed E-state index contributed by atoms with van der Waals surface area (Å²) in [6, 6.07) is 0. The molecule has 0 bridgehead atoms. The first-order valence-corrected chi connectivity index (χ1v) is 5.15. The predicted molar refractivity (Wildman–Crippen MR) is 70.0 cm³/mol. The van der Waals surface area contributed by atoms with E-state index in [9.17, 15) is 9.59 Å². The summed E-state index contributed by atoms with van der Waals surface area (Å²) in [5, 5.41) is 32.2. The summed E-state index contributed by atoms with van der Waals surface area (Å²) in [4.78, 5) is 20.8. The minimum absolute atomic E-state index is 0.361. The number of aliphatic hydroxyl groups excluding tert-OH is 4. The summed E-state index contributed by atoms with van der Waals surface area (Å²) in [6.45, 7) is -1.72. The van der Waals surface area contributed by atoms with Gasteiger partial charge in [0.25, 0.3) is 0 Å². The Morgan fingerprint density at radius 2 is 0.850 bits per heavy atom. The van der Waals surface area contributed by atoms with E-state index in [0.717, 1.165) is 9.80 Å². The van der Waals surface area contributed by atoms with Crippen LogP contribution in [0.3, 0.4) is 0 Å². The third-order valence-electron chi connectivity index (χ3n) is 1.02. The van der Waals surface area contributed by atoms with Crippen molar-refractivity contribution >= 4 is 12.8 Å². The molecule has 2 amide bonds. The maximum Gasteiger partial charge on any atom is 0.213 e. The molecule has 0 aromatic heterocycles. The Labute approximate surface area is 118 Å². The van der Waals surface area contributed by atoms with Crippen LogP contribution in [-0.4, -0.2) is 98.4 Å². The first-order valence-electron chi connectivity index (χ1n) is 5.15. The molecule has 0 saturated heterocycles. The molecule has 0 aromatic rings. The summed E-state index contributed by atoms with van der Waals surface area (Å²) in [7, 11) is 6.50. The smallest absolute Gasteiger partial charge is 0.213 e. The minimum Gasteiger partial charge on any atom is -0.388 e. The van der Waals surface area contributed by atoms with Crippen LogP contribution < -0.4 is 0 Å². The number of nitrogens with zero attached hydrogens (tertiary/aromatic N) is 2. The molecule has 0 aliphatic rings. The second kappa shape index (κ2) is 30.6. The Balaban J connectivity index is -0.0000000927. The van der Waals surface area contributed by atoms with Gasteiger partial charge in [-0.1, -0.05) is 0 Å². The van der Waals surface area contributed by atoms with Crippen LogP contribution in [0.4, 0.5) is 0 Å². The second-order valence-corrected chi connectivity index (χ2v) is 2.77. The summed E-state index contributed by atoms with van der Waals surface area (Å²) in [6.07, 6.45) is 0.722. The van der Waals surface area contributed by atoms with Gasteiger partial charge >= 0.3 is 0 Å². The lowest BCUT2D eigenvalue weighted by atomic mass is 10.9. The van der Waals surface area contributed by atoms with Crippen LogP contribution >= 0.6 is 0 Å². The zero-order chi connectivity index (χ0) is 16.8. The monoisotopic (exact) mass is 302 g/mol. The normalized spacial score (nSPS) is 7.60. The highest BCUT2D eigenvalue weighted by Gasteiger charge is 1.90. The molecule has 4 N–H and O–H groups in total. The number of methoxy groups -OCH3 is 2. The molecule has 20 heavy (non-hydrogen) atoms. The number of rotatable bonds is 6. The lowest BCUT2D eigenvalue weighted by Crippen LogP contribution is -2.23. The molecular weight excluding hydrogens is 276 g/mol. The van der Waals surface area contributed by atoms with Crippen LogP contribution in [0.25, 0.3) is 0 Å². The van der Waals surface area contributed by atoms with Crippen LogP contribution in [0.15, 0.2) is 0 Å². The van der Waals surface area contributed by atoms with Crippen LogP contribution in [0.5, 0.6) is 0 Å². The van der Waals surface area contributed by atoms with Crippen molar-refractivity contribution in [2.75, 3.05) is 55.4 Å². The lowest BCUT2D eigenvalue weighted by Gasteiger charge is -2.06. The minimum atomic E-state index is -0.431. The standard InChI is InChI=1S/2C3H7NO3.2C2H6O/c2*5-1-4(2-6)3-7;2*1-3-2/h2*1,6-7H,2-3H2;2*1-2H3. The summed E-state index contributed by atoms with van der Waals surface area (Å²) in [5.74, 6) is 0. The fraction of sp³-hybridized carbons (Fsp3) is 0.800. The van der Waals surface area contributed by atoms with Crippen molar-refractivity contribution in [1.29, 1.82) is 0 Å². The highest BCUT2D eigenvalue weighted by Crippen LogP contribution is 1.71. The number of hydrogen-bond acceptors (Lipinski definition) is 8. The number of hydrogen-bond donors (Lipinski definition) is 4. The Morgan fingerprint density at radius 3 is 0.850 bits per heavy atom. The molecule has 0 radical (unpaired) electrons. The molecule has 10 nitrogen and oxygen atoms in total. The second-order valence-electron chi connectivity index (χ2n) is 2.77. The Hall–Kier alpha value is -1.30. The summed E-state index contributed by atoms with van der Waals surface area (Å²) >= 11 is 0. The van der Waals surface area contributed by atoms with E-state index in [4.69, 9.17) is 20.4 Å². The Bertz CT molecular complexity index is 147. The van der Waals surface area contributed by atoms with Gasteiger partial charge in [0.15, 0.2) is 0 Å². The van der Waals surface area contributed by atoms with E-state index in [1.54, 1.807) is 28.4 Å². The van der Waals surface area contributed by atoms with Gasteiger partial charge in [0.2, 0.25) is 12.8 Å². The van der Waals surface area contributed by atoms with Gasteiger partial charge in [0.05, 0.1) is 0 Å². The van der Waals surface area contributed by atoms with Crippen molar-refractivity contribution in [2.24, 2.45) is 0 Å². The van der Waals surface area contributed by atoms with E-state index in [2.05, 4.69) is 9.47 Å². The molecule has 0 saturated carbocycles. The van der Waals surface area contributed by atoms with Gasteiger partial charge in [-0.05, 0) is 0 Å². The van der Waals surface area contributed by atoms with Gasteiger partial charge in [-0.3, -0.25) is 19.4 Å². The maximum absolute atomic E-state index is 9.57. The fourth-order valence-electron chi connectivity index (χ4n) is 0.223. The largest absolute Gasteiger partial charge is 0.388 e. The van der Waals surface area contributed by atoms with Crippen molar-refractivity contribution in [3.63, 3.8) is 0 Å². The molecular formula is C10H26N2O8. The van der Waals surface area contributed by atoms with Crippen LogP contribution in [0.2, 0.25) is 0 Å². The van der Waals surface area contributed by atoms with Crippen LogP contribution in [0, 0.1) is 0 Å². The Kier molecular flexibility index (Phi) is 41.5. The van der Waals surface area contributed by atoms with Gasteiger partial charge < -0.3 is 29.9 Å². The SMILES string of the molecule is COC.COC.O=CN(CO)CO.O=CN(CO)CO. The zero-order valence-corrected chi connectivity index (χ0v) is 12.3. The van der Waals surface area contributed by atoms with Gasteiger partial charge in [-0.15, -0.1) is 0 Å². The van der Waals surface area contributed by atoms with Gasteiger partial charge in [-0.2, -0.15) is 0 Å². The fourth-order valence-corrected chi connectivity index (χ4v) is 0.223. The zero-order valence-electron chi connectivity index (χ0n) is 12.3. The maximum atomic E-state index is 9.57. The number of aliphatic hydroxyl groups is 4. The van der Waals surface area contributed by atoms with E-state index in [0.29, 0.717) is 12.8 Å². The third-order valence-corrected chi connectivity index (χ3v) is 1.02. The molecule has 0 aliphatic heterocycles. The van der Waals surface area contributed by atoms with Crippen LogP contribution in [-0.2, 0) is 19.1 Å². The first kappa shape index (κ1) is 27.1. The average Bonchev–Trinajstić information content (AvgIpc) is 2.45. The third kappa shape index (κ3) is 36.0. The van der Waals surface area contributed by atoms with Crippen molar-refractivity contribution in [1.82, 2.24) is 9.80 Å². The lowest BCUT2D eigenvalue weighted by molar-refractivity contribution is -0.126. The Morgan fingerprint density at radius 1 is 0.700 bits per heavy atom. The summed E-state index contributed by atoms with van der Waals surface area (Å²) < 4.78 is 8.50. The molecule has 0 atom stereocenters. The average molecular weight is 302 g/mol. The highest BCUT2D eigenvalue weighted by atomic mass is 16.5. The topological polar surface area (TPSA) is 140 Å². The van der Waals surface area contributed by atoms with Crippen molar-refractivity contribution in [3.8, 4) is 0 Å². The number of carbonyl (C=O) groups is 2. The van der Waals surface area contributed by atoms with E-state index >= 15 is 0 Å². The predicted octanol–water partition coefficient (Wildman–Crippen LogP) is -2.79. The van der Waals surface area contributed by atoms with E-state index in [1.165, 1.54) is 0 Å². The molecule has 0 spiro atoms.